The number of nitrogens with one attached hydrogen (secondary N) is 1. The van der Waals surface area contributed by atoms with E-state index in [9.17, 15) is 9.59 Å². The van der Waals surface area contributed by atoms with Gasteiger partial charge in [-0.25, -0.2) is 4.79 Å². The summed E-state index contributed by atoms with van der Waals surface area (Å²) in [5.74, 6) is -0.379. The number of fused-ring (bicyclic) bond motifs is 3. The van der Waals surface area contributed by atoms with E-state index in [1.807, 2.05) is 18.0 Å². The van der Waals surface area contributed by atoms with Gasteiger partial charge in [0.05, 0.1) is 17.3 Å². The second kappa shape index (κ2) is 6.87. The van der Waals surface area contributed by atoms with E-state index >= 15 is 0 Å². The molecule has 0 unspecified atom stereocenters. The molecule has 1 saturated heterocycles. The highest BCUT2D eigenvalue weighted by molar-refractivity contribution is 6.33. The first-order valence-electron chi connectivity index (χ1n) is 8.95. The molecule has 2 aliphatic heterocycles. The summed E-state index contributed by atoms with van der Waals surface area (Å²) >= 11 is 6.40. The van der Waals surface area contributed by atoms with Gasteiger partial charge in [0.1, 0.15) is 17.8 Å². The van der Waals surface area contributed by atoms with Gasteiger partial charge in [0.2, 0.25) is 0 Å². The predicted molar refractivity (Wildman–Crippen MR) is 101 cm³/mol. The van der Waals surface area contributed by atoms with Crippen LogP contribution in [0.2, 0.25) is 5.02 Å². The van der Waals surface area contributed by atoms with Gasteiger partial charge in [-0.05, 0) is 33.8 Å². The summed E-state index contributed by atoms with van der Waals surface area (Å²) in [6, 6.07) is 4.83. The minimum absolute atomic E-state index is 0.230. The number of para-hydroxylation sites is 1. The molecule has 0 saturated carbocycles. The van der Waals surface area contributed by atoms with Gasteiger partial charge in [-0.15, -0.1) is 0 Å². The standard InChI is InChI=1S/C19H25ClN2O5/c1-6-25-15(23)13-10-19(27-17(24)26-18(2,3)4)11-8-7-9-12(20)14(11)22(5)16(19)21-13/h7-9,13,16,21H,6,10H2,1-5H3/t13-,16+,19+/m0/s1. The number of nitrogens with zero attached hydrogens (tertiary/aromatic N) is 1. The summed E-state index contributed by atoms with van der Waals surface area (Å²) in [4.78, 5) is 26.7. The van der Waals surface area contributed by atoms with E-state index < -0.39 is 29.6 Å². The zero-order valence-electron chi connectivity index (χ0n) is 16.2. The number of rotatable bonds is 3. The fourth-order valence-corrected chi connectivity index (χ4v) is 4.10. The van der Waals surface area contributed by atoms with Gasteiger partial charge < -0.3 is 19.1 Å². The normalized spacial score (nSPS) is 26.4. The van der Waals surface area contributed by atoms with Crippen LogP contribution in [0.5, 0.6) is 0 Å². The molecule has 3 atom stereocenters. The van der Waals surface area contributed by atoms with E-state index in [2.05, 4.69) is 5.32 Å². The van der Waals surface area contributed by atoms with Crippen molar-refractivity contribution >= 4 is 29.4 Å². The zero-order valence-corrected chi connectivity index (χ0v) is 16.9. The second-order valence-electron chi connectivity index (χ2n) is 7.78. The van der Waals surface area contributed by atoms with E-state index in [-0.39, 0.29) is 19.0 Å². The van der Waals surface area contributed by atoms with E-state index in [0.717, 1.165) is 11.3 Å². The van der Waals surface area contributed by atoms with Crippen LogP contribution in [-0.4, -0.2) is 43.6 Å². The van der Waals surface area contributed by atoms with Gasteiger partial charge in [0.25, 0.3) is 0 Å². The number of hydrogen-bond donors (Lipinski definition) is 1. The Kier molecular flexibility index (Phi) is 5.03. The number of esters is 1. The van der Waals surface area contributed by atoms with Crippen molar-refractivity contribution in [1.29, 1.82) is 0 Å². The summed E-state index contributed by atoms with van der Waals surface area (Å²) in [6.45, 7) is 7.33. The third-order valence-corrected chi connectivity index (χ3v) is 5.02. The number of anilines is 1. The van der Waals surface area contributed by atoms with Gasteiger partial charge in [-0.3, -0.25) is 10.1 Å². The van der Waals surface area contributed by atoms with E-state index in [4.69, 9.17) is 25.8 Å². The molecule has 1 N–H and O–H groups in total. The molecule has 7 nitrogen and oxygen atoms in total. The van der Waals surface area contributed by atoms with Gasteiger partial charge >= 0.3 is 12.1 Å². The maximum absolute atomic E-state index is 12.5. The summed E-state index contributed by atoms with van der Waals surface area (Å²) in [7, 11) is 1.84. The lowest BCUT2D eigenvalue weighted by atomic mass is 9.90. The molecule has 3 rings (SSSR count). The van der Waals surface area contributed by atoms with Crippen LogP contribution in [-0.2, 0) is 24.6 Å². The Morgan fingerprint density at radius 2 is 2.07 bits per heavy atom. The molecule has 0 aromatic heterocycles. The van der Waals surface area contributed by atoms with Crippen molar-refractivity contribution in [3.63, 3.8) is 0 Å². The van der Waals surface area contributed by atoms with Gasteiger partial charge in [0, 0.05) is 19.0 Å². The Balaban J connectivity index is 2.00. The number of carbonyl (C=O) groups is 2. The van der Waals surface area contributed by atoms with Crippen LogP contribution >= 0.6 is 11.6 Å². The average molecular weight is 397 g/mol. The summed E-state index contributed by atoms with van der Waals surface area (Å²) in [5, 5.41) is 3.78. The number of hydrogen-bond acceptors (Lipinski definition) is 7. The highest BCUT2D eigenvalue weighted by Crippen LogP contribution is 2.53. The molecule has 0 amide bonds. The predicted octanol–water partition coefficient (Wildman–Crippen LogP) is 3.19. The third-order valence-electron chi connectivity index (χ3n) is 4.72. The largest absolute Gasteiger partial charge is 0.509 e. The number of carbonyl (C=O) groups excluding carboxylic acids is 2. The number of halogens is 1. The smallest absolute Gasteiger partial charge is 0.465 e. The molecule has 2 heterocycles. The lowest BCUT2D eigenvalue weighted by molar-refractivity contribution is -0.145. The van der Waals surface area contributed by atoms with Crippen molar-refractivity contribution in [2.24, 2.45) is 0 Å². The first-order chi connectivity index (χ1) is 12.6. The summed E-state index contributed by atoms with van der Waals surface area (Å²) < 4.78 is 16.4. The first-order valence-corrected chi connectivity index (χ1v) is 9.33. The molecular formula is C19H25ClN2O5. The van der Waals surface area contributed by atoms with Crippen LogP contribution in [0.3, 0.4) is 0 Å². The van der Waals surface area contributed by atoms with Crippen LogP contribution < -0.4 is 10.2 Å². The quantitative estimate of drug-likeness (QED) is 0.786. The fourth-order valence-electron chi connectivity index (χ4n) is 3.79. The van der Waals surface area contributed by atoms with Crippen LogP contribution in [0.4, 0.5) is 10.5 Å². The van der Waals surface area contributed by atoms with Gasteiger partial charge in [0.15, 0.2) is 5.60 Å². The highest BCUT2D eigenvalue weighted by Gasteiger charge is 2.61. The topological polar surface area (TPSA) is 77.1 Å². The molecule has 8 heteroatoms. The van der Waals surface area contributed by atoms with Crippen molar-refractivity contribution in [3.05, 3.63) is 28.8 Å². The zero-order chi connectivity index (χ0) is 20.0. The SMILES string of the molecule is CCOC(=O)[C@@H]1C[C@@]2(OC(=O)OC(C)(C)C)c3cccc(Cl)c3N(C)[C@H]2N1. The number of likely N-dealkylation sites (N-methyl/N-ethyl adjacent to an activating group) is 1. The molecule has 27 heavy (non-hydrogen) atoms. The second-order valence-corrected chi connectivity index (χ2v) is 8.19. The Bertz CT molecular complexity index is 763. The molecular weight excluding hydrogens is 372 g/mol. The Morgan fingerprint density at radius 1 is 1.37 bits per heavy atom. The third kappa shape index (κ3) is 3.46. The molecule has 0 spiro atoms. The fraction of sp³-hybridized carbons (Fsp3) is 0.579. The van der Waals surface area contributed by atoms with Crippen molar-refractivity contribution in [3.8, 4) is 0 Å². The Morgan fingerprint density at radius 3 is 2.70 bits per heavy atom. The molecule has 148 valence electrons. The Labute approximate surface area is 163 Å². The van der Waals surface area contributed by atoms with Crippen LogP contribution in [0.1, 0.15) is 39.7 Å². The van der Waals surface area contributed by atoms with Crippen LogP contribution in [0, 0.1) is 0 Å². The van der Waals surface area contributed by atoms with Gasteiger partial charge in [-0.1, -0.05) is 23.7 Å². The van der Waals surface area contributed by atoms with Crippen LogP contribution in [0.15, 0.2) is 18.2 Å². The molecule has 2 aliphatic rings. The van der Waals surface area contributed by atoms with Gasteiger partial charge in [-0.2, -0.15) is 0 Å². The number of benzene rings is 1. The molecule has 1 fully saturated rings. The lowest BCUT2D eigenvalue weighted by Crippen LogP contribution is -2.50. The van der Waals surface area contributed by atoms with E-state index in [1.165, 1.54) is 0 Å². The van der Waals surface area contributed by atoms with E-state index in [0.29, 0.717) is 5.02 Å². The molecule has 0 aliphatic carbocycles. The molecule has 0 bridgehead atoms. The summed E-state index contributed by atoms with van der Waals surface area (Å²) in [6.07, 6.45) is -1.03. The van der Waals surface area contributed by atoms with E-state index in [1.54, 1.807) is 39.8 Å². The Hall–Kier alpha value is -1.99. The monoisotopic (exact) mass is 396 g/mol. The van der Waals surface area contributed by atoms with Crippen molar-refractivity contribution < 1.29 is 23.8 Å². The van der Waals surface area contributed by atoms with Crippen molar-refractivity contribution in [2.75, 3.05) is 18.6 Å². The highest BCUT2D eigenvalue weighted by atomic mass is 35.5. The summed E-state index contributed by atoms with van der Waals surface area (Å²) in [5.41, 5.74) is -0.290. The lowest BCUT2D eigenvalue weighted by Gasteiger charge is -2.32. The van der Waals surface area contributed by atoms with Crippen molar-refractivity contribution in [2.45, 2.75) is 57.5 Å². The first kappa shape index (κ1) is 19.8. The molecule has 1 aromatic carbocycles. The number of ether oxygens (including phenoxy) is 3. The maximum atomic E-state index is 12.5. The van der Waals surface area contributed by atoms with Crippen molar-refractivity contribution in [1.82, 2.24) is 5.32 Å². The minimum atomic E-state index is -1.10. The maximum Gasteiger partial charge on any atom is 0.509 e. The minimum Gasteiger partial charge on any atom is -0.465 e. The molecule has 1 aromatic rings. The van der Waals surface area contributed by atoms with Crippen LogP contribution in [0.25, 0.3) is 0 Å². The average Bonchev–Trinajstić information content (AvgIpc) is 3.01. The molecule has 0 radical (unpaired) electrons.